The molecule has 1 atom stereocenters. The first-order valence-electron chi connectivity index (χ1n) is 7.90. The van der Waals surface area contributed by atoms with Crippen LogP contribution in [0.3, 0.4) is 0 Å². The van der Waals surface area contributed by atoms with E-state index in [1.807, 2.05) is 13.0 Å². The molecule has 0 radical (unpaired) electrons. The highest BCUT2D eigenvalue weighted by Crippen LogP contribution is 2.33. The van der Waals surface area contributed by atoms with E-state index < -0.39 is 0 Å². The third kappa shape index (κ3) is 3.55. The monoisotopic (exact) mass is 305 g/mol. The smallest absolute Gasteiger partial charge is 0.317 e. The number of rotatable bonds is 5. The molecule has 1 saturated carbocycles. The molecule has 122 valence electrons. The lowest BCUT2D eigenvalue weighted by Crippen LogP contribution is -2.52. The van der Waals surface area contributed by atoms with Gasteiger partial charge in [0.2, 0.25) is 0 Å². The predicted molar refractivity (Wildman–Crippen MR) is 86.5 cm³/mol. The summed E-state index contributed by atoms with van der Waals surface area (Å²) in [5.74, 6) is 0. The van der Waals surface area contributed by atoms with Gasteiger partial charge in [-0.15, -0.1) is 0 Å². The summed E-state index contributed by atoms with van der Waals surface area (Å²) < 4.78 is 0. The Kier molecular flexibility index (Phi) is 5.34. The fourth-order valence-corrected chi connectivity index (χ4v) is 3.10. The third-order valence-corrected chi connectivity index (χ3v) is 4.99. The quantitative estimate of drug-likeness (QED) is 0.904. The highest BCUT2D eigenvalue weighted by Gasteiger charge is 2.36. The van der Waals surface area contributed by atoms with Crippen molar-refractivity contribution in [2.45, 2.75) is 44.2 Å². The van der Waals surface area contributed by atoms with Crippen molar-refractivity contribution in [3.8, 4) is 0 Å². The molecule has 22 heavy (non-hydrogen) atoms. The van der Waals surface area contributed by atoms with E-state index in [2.05, 4.69) is 34.3 Å². The molecule has 6 heteroatoms. The molecule has 2 rings (SSSR count). The molecular weight excluding hydrogens is 278 g/mol. The minimum absolute atomic E-state index is 0.0563. The predicted octanol–water partition coefficient (Wildman–Crippen LogP) is 2.05. The summed E-state index contributed by atoms with van der Waals surface area (Å²) in [6.07, 6.45) is 7.97. The third-order valence-electron chi connectivity index (χ3n) is 4.99. The molecule has 1 aromatic heterocycles. The molecule has 0 saturated heterocycles. The lowest BCUT2D eigenvalue weighted by molar-refractivity contribution is 0.145. The average Bonchev–Trinajstić information content (AvgIpc) is 3.02. The Balaban J connectivity index is 1.94. The van der Waals surface area contributed by atoms with Crippen LogP contribution in [0.15, 0.2) is 18.6 Å². The Morgan fingerprint density at radius 2 is 2.05 bits per heavy atom. The van der Waals surface area contributed by atoms with E-state index in [-0.39, 0.29) is 17.6 Å². The molecule has 1 unspecified atom stereocenters. The maximum atomic E-state index is 12.4. The molecule has 6 nitrogen and oxygen atoms in total. The van der Waals surface area contributed by atoms with Crippen molar-refractivity contribution in [1.82, 2.24) is 25.1 Å². The standard InChI is InChI=1S/C16H27N5O/c1-13(14-7-10-17-12-19-14)21(4)15(22)18-11-16(20(2)3)8-5-6-9-16/h7,10,12-13H,5-6,8-9,11H2,1-4H3,(H,18,22). The summed E-state index contributed by atoms with van der Waals surface area (Å²) in [4.78, 5) is 24.5. The molecular formula is C16H27N5O. The van der Waals surface area contributed by atoms with Gasteiger partial charge in [-0.1, -0.05) is 12.8 Å². The Morgan fingerprint density at radius 3 is 2.59 bits per heavy atom. The first kappa shape index (κ1) is 16.7. The summed E-state index contributed by atoms with van der Waals surface area (Å²) >= 11 is 0. The van der Waals surface area contributed by atoms with Crippen molar-refractivity contribution < 1.29 is 4.79 Å². The van der Waals surface area contributed by atoms with E-state index in [0.29, 0.717) is 6.54 Å². The lowest BCUT2D eigenvalue weighted by Gasteiger charge is -2.37. The molecule has 2 amide bonds. The van der Waals surface area contributed by atoms with Gasteiger partial charge >= 0.3 is 6.03 Å². The zero-order valence-corrected chi connectivity index (χ0v) is 14.0. The minimum Gasteiger partial charge on any atom is -0.336 e. The van der Waals surface area contributed by atoms with Crippen LogP contribution in [0.4, 0.5) is 4.79 Å². The summed E-state index contributed by atoms with van der Waals surface area (Å²) in [7, 11) is 6.01. The number of carbonyl (C=O) groups excluding carboxylic acids is 1. The molecule has 0 aliphatic heterocycles. The molecule has 1 fully saturated rings. The number of carbonyl (C=O) groups is 1. The van der Waals surface area contributed by atoms with Gasteiger partial charge in [-0.3, -0.25) is 0 Å². The number of hydrogen-bond acceptors (Lipinski definition) is 4. The van der Waals surface area contributed by atoms with Gasteiger partial charge in [-0.25, -0.2) is 14.8 Å². The van der Waals surface area contributed by atoms with Crippen molar-refractivity contribution in [3.63, 3.8) is 0 Å². The largest absolute Gasteiger partial charge is 0.336 e. The second kappa shape index (κ2) is 7.05. The van der Waals surface area contributed by atoms with Gasteiger partial charge in [0, 0.05) is 25.3 Å². The van der Waals surface area contributed by atoms with Crippen molar-refractivity contribution in [1.29, 1.82) is 0 Å². The first-order chi connectivity index (χ1) is 10.5. The van der Waals surface area contributed by atoms with Gasteiger partial charge in [0.25, 0.3) is 0 Å². The van der Waals surface area contributed by atoms with E-state index >= 15 is 0 Å². The highest BCUT2D eigenvalue weighted by atomic mass is 16.2. The van der Waals surface area contributed by atoms with Crippen LogP contribution in [-0.2, 0) is 0 Å². The van der Waals surface area contributed by atoms with Crippen LogP contribution in [0, 0.1) is 0 Å². The van der Waals surface area contributed by atoms with Crippen LogP contribution in [0.25, 0.3) is 0 Å². The zero-order valence-electron chi connectivity index (χ0n) is 14.0. The van der Waals surface area contributed by atoms with Crippen molar-refractivity contribution in [3.05, 3.63) is 24.3 Å². The molecule has 1 aliphatic rings. The number of amides is 2. The number of hydrogen-bond donors (Lipinski definition) is 1. The molecule has 1 aliphatic carbocycles. The van der Waals surface area contributed by atoms with Crippen LogP contribution >= 0.6 is 0 Å². The summed E-state index contributed by atoms with van der Waals surface area (Å²) in [5, 5.41) is 3.10. The topological polar surface area (TPSA) is 61.4 Å². The van der Waals surface area contributed by atoms with Gasteiger partial charge in [-0.05, 0) is 39.9 Å². The van der Waals surface area contributed by atoms with Crippen molar-refractivity contribution >= 4 is 6.03 Å². The van der Waals surface area contributed by atoms with E-state index in [9.17, 15) is 4.79 Å². The van der Waals surface area contributed by atoms with E-state index in [0.717, 1.165) is 18.5 Å². The molecule has 0 aromatic carbocycles. The summed E-state index contributed by atoms with van der Waals surface area (Å²) in [5.41, 5.74) is 0.949. The second-order valence-corrected chi connectivity index (χ2v) is 6.41. The molecule has 0 bridgehead atoms. The van der Waals surface area contributed by atoms with E-state index in [1.165, 1.54) is 19.2 Å². The minimum atomic E-state index is -0.0816. The summed E-state index contributed by atoms with van der Waals surface area (Å²) in [6, 6.07) is 1.70. The van der Waals surface area contributed by atoms with Gasteiger partial charge < -0.3 is 15.1 Å². The lowest BCUT2D eigenvalue weighted by atomic mass is 9.96. The van der Waals surface area contributed by atoms with Gasteiger partial charge in [-0.2, -0.15) is 0 Å². The molecule has 0 spiro atoms. The van der Waals surface area contributed by atoms with Crippen LogP contribution in [0.5, 0.6) is 0 Å². The average molecular weight is 305 g/mol. The van der Waals surface area contributed by atoms with Gasteiger partial charge in [0.05, 0.1) is 11.7 Å². The second-order valence-electron chi connectivity index (χ2n) is 6.41. The highest BCUT2D eigenvalue weighted by molar-refractivity contribution is 5.74. The Labute approximate surface area is 132 Å². The maximum Gasteiger partial charge on any atom is 0.317 e. The molecule has 1 N–H and O–H groups in total. The van der Waals surface area contributed by atoms with Crippen LogP contribution in [0.2, 0.25) is 0 Å². The van der Waals surface area contributed by atoms with Crippen molar-refractivity contribution in [2.24, 2.45) is 0 Å². The zero-order chi connectivity index (χ0) is 16.2. The SMILES string of the molecule is CC(c1ccncn1)N(C)C(=O)NCC1(N(C)C)CCCC1. The van der Waals surface area contributed by atoms with Gasteiger partial charge in [0.1, 0.15) is 6.33 Å². The number of urea groups is 1. The fraction of sp³-hybridized carbons (Fsp3) is 0.688. The number of nitrogens with one attached hydrogen (secondary N) is 1. The molecule has 1 aromatic rings. The van der Waals surface area contributed by atoms with Crippen LogP contribution < -0.4 is 5.32 Å². The first-order valence-corrected chi connectivity index (χ1v) is 7.90. The fourth-order valence-electron chi connectivity index (χ4n) is 3.10. The maximum absolute atomic E-state index is 12.4. The van der Waals surface area contributed by atoms with Gasteiger partial charge in [0.15, 0.2) is 0 Å². The van der Waals surface area contributed by atoms with E-state index in [1.54, 1.807) is 18.1 Å². The Bertz CT molecular complexity index is 485. The number of aromatic nitrogens is 2. The molecule has 1 heterocycles. The van der Waals surface area contributed by atoms with E-state index in [4.69, 9.17) is 0 Å². The Hall–Kier alpha value is -1.69. The normalized spacial score (nSPS) is 18.2. The van der Waals surface area contributed by atoms with Crippen molar-refractivity contribution in [2.75, 3.05) is 27.7 Å². The number of nitrogens with zero attached hydrogens (tertiary/aromatic N) is 4. The van der Waals surface area contributed by atoms with Crippen LogP contribution in [0.1, 0.15) is 44.3 Å². The van der Waals surface area contributed by atoms with Crippen LogP contribution in [-0.4, -0.2) is 59.0 Å². The summed E-state index contributed by atoms with van der Waals surface area (Å²) in [6.45, 7) is 2.67. The number of likely N-dealkylation sites (N-methyl/N-ethyl adjacent to an activating group) is 1. The Morgan fingerprint density at radius 1 is 1.36 bits per heavy atom.